The second-order valence-corrected chi connectivity index (χ2v) is 7.15. The molecule has 1 saturated carbocycles. The molecule has 0 N–H and O–H groups in total. The van der Waals surface area contributed by atoms with Crippen molar-refractivity contribution in [3.63, 3.8) is 0 Å². The number of rotatable bonds is 6. The molecule has 2 rings (SSSR count). The summed E-state index contributed by atoms with van der Waals surface area (Å²) in [7, 11) is 0. The van der Waals surface area contributed by atoms with Gasteiger partial charge in [0.15, 0.2) is 0 Å². The zero-order chi connectivity index (χ0) is 14.4. The molecule has 112 valence electrons. The van der Waals surface area contributed by atoms with Crippen molar-refractivity contribution in [2.24, 2.45) is 11.3 Å². The maximum absolute atomic E-state index is 6.37. The van der Waals surface area contributed by atoms with E-state index in [-0.39, 0.29) is 0 Å². The normalized spacial score (nSPS) is 26.6. The minimum atomic E-state index is 0.361. The number of halogens is 1. The van der Waals surface area contributed by atoms with Crippen molar-refractivity contribution in [2.75, 3.05) is 5.88 Å². The molecule has 0 aliphatic heterocycles. The summed E-state index contributed by atoms with van der Waals surface area (Å²) in [6.07, 6.45) is 10.7. The molecule has 1 heteroatoms. The molecular formula is C19H29Cl. The highest BCUT2D eigenvalue weighted by Gasteiger charge is 2.34. The number of unbranched alkanes of at least 4 members (excludes halogenated alkanes) is 1. The van der Waals surface area contributed by atoms with E-state index < -0.39 is 0 Å². The van der Waals surface area contributed by atoms with Gasteiger partial charge in [0, 0.05) is 5.88 Å². The van der Waals surface area contributed by atoms with Gasteiger partial charge in [0.05, 0.1) is 0 Å². The van der Waals surface area contributed by atoms with Crippen LogP contribution in [0.15, 0.2) is 24.3 Å². The Labute approximate surface area is 129 Å². The van der Waals surface area contributed by atoms with Crippen LogP contribution in [0.1, 0.15) is 63.0 Å². The standard InChI is InChI=1S/C19H29Cl/c1-3-4-5-17-10-12-19(15-20,13-11-17)14-18-8-6-16(2)7-9-18/h6-9,17H,3-5,10-15H2,1-2H3. The van der Waals surface area contributed by atoms with Gasteiger partial charge in [-0.15, -0.1) is 11.6 Å². The number of hydrogen-bond donors (Lipinski definition) is 0. The van der Waals surface area contributed by atoms with Gasteiger partial charge in [0.2, 0.25) is 0 Å². The Hall–Kier alpha value is -0.490. The van der Waals surface area contributed by atoms with Crippen LogP contribution in [-0.4, -0.2) is 5.88 Å². The summed E-state index contributed by atoms with van der Waals surface area (Å²) >= 11 is 6.37. The lowest BCUT2D eigenvalue weighted by Crippen LogP contribution is -2.31. The predicted octanol–water partition coefficient (Wildman–Crippen LogP) is 6.14. The van der Waals surface area contributed by atoms with E-state index in [9.17, 15) is 0 Å². The largest absolute Gasteiger partial charge is 0.126 e. The SMILES string of the molecule is CCCCC1CCC(CCl)(Cc2ccc(C)cc2)CC1. The molecule has 0 aromatic heterocycles. The Morgan fingerprint density at radius 1 is 1.15 bits per heavy atom. The maximum Gasteiger partial charge on any atom is 0.0283 e. The Balaban J connectivity index is 1.92. The van der Waals surface area contributed by atoms with Gasteiger partial charge < -0.3 is 0 Å². The first kappa shape index (κ1) is 15.9. The van der Waals surface area contributed by atoms with Gasteiger partial charge >= 0.3 is 0 Å². The van der Waals surface area contributed by atoms with E-state index in [1.54, 1.807) is 0 Å². The fraction of sp³-hybridized carbons (Fsp3) is 0.684. The second kappa shape index (κ2) is 7.50. The summed E-state index contributed by atoms with van der Waals surface area (Å²) < 4.78 is 0. The highest BCUT2D eigenvalue weighted by Crippen LogP contribution is 2.43. The van der Waals surface area contributed by atoms with E-state index in [0.29, 0.717) is 5.41 Å². The lowest BCUT2D eigenvalue weighted by atomic mass is 9.68. The van der Waals surface area contributed by atoms with Crippen molar-refractivity contribution in [1.29, 1.82) is 0 Å². The third-order valence-corrected chi connectivity index (χ3v) is 5.68. The van der Waals surface area contributed by atoms with Crippen LogP contribution in [0.2, 0.25) is 0 Å². The molecule has 0 heterocycles. The molecule has 1 aromatic rings. The molecule has 0 atom stereocenters. The van der Waals surface area contributed by atoms with Crippen molar-refractivity contribution in [3.05, 3.63) is 35.4 Å². The zero-order valence-corrected chi connectivity index (χ0v) is 13.9. The average Bonchev–Trinajstić information content (AvgIpc) is 2.49. The van der Waals surface area contributed by atoms with E-state index in [2.05, 4.69) is 38.1 Å². The lowest BCUT2D eigenvalue weighted by Gasteiger charge is -2.39. The summed E-state index contributed by atoms with van der Waals surface area (Å²) in [5.41, 5.74) is 3.17. The fourth-order valence-corrected chi connectivity index (χ4v) is 3.93. The molecule has 0 radical (unpaired) electrons. The molecule has 1 aromatic carbocycles. The number of hydrogen-bond acceptors (Lipinski definition) is 0. The molecule has 0 spiro atoms. The third kappa shape index (κ3) is 4.25. The van der Waals surface area contributed by atoms with Gasteiger partial charge in [0.25, 0.3) is 0 Å². The smallest absolute Gasteiger partial charge is 0.0283 e. The quantitative estimate of drug-likeness (QED) is 0.552. The molecule has 0 nitrogen and oxygen atoms in total. The summed E-state index contributed by atoms with van der Waals surface area (Å²) in [4.78, 5) is 0. The molecule has 0 bridgehead atoms. The Bertz CT molecular complexity index is 385. The highest BCUT2D eigenvalue weighted by molar-refractivity contribution is 6.18. The van der Waals surface area contributed by atoms with E-state index in [1.807, 2.05) is 0 Å². The van der Waals surface area contributed by atoms with Gasteiger partial charge in [0.1, 0.15) is 0 Å². The second-order valence-electron chi connectivity index (χ2n) is 6.88. The fourth-order valence-electron chi connectivity index (χ4n) is 3.57. The first-order valence-corrected chi connectivity index (χ1v) is 8.82. The molecule has 0 saturated heterocycles. The van der Waals surface area contributed by atoms with Crippen molar-refractivity contribution >= 4 is 11.6 Å². The monoisotopic (exact) mass is 292 g/mol. The van der Waals surface area contributed by atoms with E-state index >= 15 is 0 Å². The van der Waals surface area contributed by atoms with Crippen LogP contribution < -0.4 is 0 Å². The summed E-state index contributed by atoms with van der Waals surface area (Å²) in [5.74, 6) is 1.78. The van der Waals surface area contributed by atoms with E-state index in [4.69, 9.17) is 11.6 Å². The average molecular weight is 293 g/mol. The Morgan fingerprint density at radius 2 is 1.80 bits per heavy atom. The zero-order valence-electron chi connectivity index (χ0n) is 13.1. The summed E-state index contributed by atoms with van der Waals surface area (Å²) in [6.45, 7) is 4.45. The number of aryl methyl sites for hydroxylation is 1. The van der Waals surface area contributed by atoms with Gasteiger partial charge in [-0.05, 0) is 55.9 Å². The van der Waals surface area contributed by atoms with Crippen LogP contribution in [0.4, 0.5) is 0 Å². The van der Waals surface area contributed by atoms with Gasteiger partial charge in [-0.25, -0.2) is 0 Å². The van der Waals surface area contributed by atoms with E-state index in [0.717, 1.165) is 18.2 Å². The Kier molecular flexibility index (Phi) is 5.96. The van der Waals surface area contributed by atoms with Crippen molar-refractivity contribution in [1.82, 2.24) is 0 Å². The molecule has 0 amide bonds. The van der Waals surface area contributed by atoms with Crippen molar-refractivity contribution in [3.8, 4) is 0 Å². The van der Waals surface area contributed by atoms with Gasteiger partial charge in [-0.2, -0.15) is 0 Å². The van der Waals surface area contributed by atoms with Gasteiger partial charge in [-0.1, -0.05) is 56.0 Å². The van der Waals surface area contributed by atoms with E-state index in [1.165, 1.54) is 56.1 Å². The first-order valence-electron chi connectivity index (χ1n) is 8.29. The topological polar surface area (TPSA) is 0 Å². The lowest BCUT2D eigenvalue weighted by molar-refractivity contribution is 0.166. The van der Waals surface area contributed by atoms with Crippen LogP contribution in [0.5, 0.6) is 0 Å². The van der Waals surface area contributed by atoms with Crippen molar-refractivity contribution < 1.29 is 0 Å². The van der Waals surface area contributed by atoms with Crippen molar-refractivity contribution in [2.45, 2.75) is 65.2 Å². The molecule has 1 fully saturated rings. The summed E-state index contributed by atoms with van der Waals surface area (Å²) in [5, 5.41) is 0. The van der Waals surface area contributed by atoms with Crippen LogP contribution in [0.3, 0.4) is 0 Å². The molecule has 1 aliphatic rings. The minimum Gasteiger partial charge on any atom is -0.126 e. The van der Waals surface area contributed by atoms with Gasteiger partial charge in [-0.3, -0.25) is 0 Å². The van der Waals surface area contributed by atoms with Crippen LogP contribution in [0, 0.1) is 18.3 Å². The maximum atomic E-state index is 6.37. The van der Waals surface area contributed by atoms with Crippen LogP contribution >= 0.6 is 11.6 Å². The summed E-state index contributed by atoms with van der Waals surface area (Å²) in [6, 6.07) is 9.02. The molecule has 1 aliphatic carbocycles. The molecular weight excluding hydrogens is 264 g/mol. The van der Waals surface area contributed by atoms with Crippen LogP contribution in [-0.2, 0) is 6.42 Å². The Morgan fingerprint density at radius 3 is 2.35 bits per heavy atom. The first-order chi connectivity index (χ1) is 9.67. The van der Waals surface area contributed by atoms with Crippen LogP contribution in [0.25, 0.3) is 0 Å². The number of alkyl halides is 1. The minimum absolute atomic E-state index is 0.361. The predicted molar refractivity (Wildman–Crippen MR) is 89.5 cm³/mol. The highest BCUT2D eigenvalue weighted by atomic mass is 35.5. The number of benzene rings is 1. The third-order valence-electron chi connectivity index (χ3n) is 5.11. The molecule has 20 heavy (non-hydrogen) atoms. The molecule has 0 unspecified atom stereocenters.